The summed E-state index contributed by atoms with van der Waals surface area (Å²) in [5.41, 5.74) is 2.00. The fourth-order valence-electron chi connectivity index (χ4n) is 4.29. The topological polar surface area (TPSA) is 117 Å². The van der Waals surface area contributed by atoms with E-state index >= 15 is 0 Å². The minimum Gasteiger partial charge on any atom is -0.508 e. The maximum atomic E-state index is 14.3. The second-order valence-corrected chi connectivity index (χ2v) is 10.9. The van der Waals surface area contributed by atoms with Gasteiger partial charge in [-0.05, 0) is 75.2 Å². The van der Waals surface area contributed by atoms with E-state index in [1.54, 1.807) is 76.4 Å². The van der Waals surface area contributed by atoms with Gasteiger partial charge in [0.1, 0.15) is 29.2 Å². The van der Waals surface area contributed by atoms with Crippen LogP contribution in [0.25, 0.3) is 0 Å². The zero-order chi connectivity index (χ0) is 30.9. The van der Waals surface area contributed by atoms with E-state index in [0.29, 0.717) is 22.6 Å². The van der Waals surface area contributed by atoms with Gasteiger partial charge in [-0.25, -0.2) is 4.79 Å². The largest absolute Gasteiger partial charge is 0.508 e. The van der Waals surface area contributed by atoms with Crippen LogP contribution in [0.15, 0.2) is 85.5 Å². The van der Waals surface area contributed by atoms with Gasteiger partial charge in [0.05, 0.1) is 7.11 Å². The molecule has 0 saturated heterocycles. The number of carbonyl (C=O) groups excluding carboxylic acids is 3. The van der Waals surface area contributed by atoms with Crippen molar-refractivity contribution in [3.8, 4) is 11.5 Å². The molecule has 2 atom stereocenters. The third-order valence-corrected chi connectivity index (χ3v) is 6.28. The Kier molecular flexibility index (Phi) is 10.7. The van der Waals surface area contributed by atoms with Gasteiger partial charge in [-0.3, -0.25) is 9.59 Å². The first kappa shape index (κ1) is 31.7. The number of rotatable bonds is 11. The summed E-state index contributed by atoms with van der Waals surface area (Å²) in [5, 5.41) is 15.3. The molecule has 0 fully saturated rings. The number of anilines is 1. The standard InChI is InChI=1S/C33H39N3O6/c1-7-20-36(31(39)28(35-32(40)42-33(3,4)5)21-23-10-16-26(37)17-11-23)29(24-12-8-22(2)9-13-24)30(38)34-25-14-18-27(41-6)19-15-25/h7-19,28-29,37H,1,20-21H2,2-6H3,(H,34,38)(H,35,40). The average Bonchev–Trinajstić information content (AvgIpc) is 2.93. The summed E-state index contributed by atoms with van der Waals surface area (Å²) in [5.74, 6) is -0.245. The van der Waals surface area contributed by atoms with Crippen LogP contribution in [-0.2, 0) is 20.7 Å². The zero-order valence-electron chi connectivity index (χ0n) is 24.7. The molecule has 0 radical (unpaired) electrons. The molecule has 0 aromatic heterocycles. The highest BCUT2D eigenvalue weighted by molar-refractivity contribution is 5.99. The molecule has 2 unspecified atom stereocenters. The second-order valence-electron chi connectivity index (χ2n) is 10.9. The molecular weight excluding hydrogens is 534 g/mol. The quantitative estimate of drug-likeness (QED) is 0.259. The fraction of sp³-hybridized carbons (Fsp3) is 0.303. The number of phenolic OH excluding ortho intramolecular Hbond substituents is 1. The van der Waals surface area contributed by atoms with Gasteiger partial charge in [0, 0.05) is 18.7 Å². The molecule has 42 heavy (non-hydrogen) atoms. The Bertz CT molecular complexity index is 1360. The van der Waals surface area contributed by atoms with Crippen molar-refractivity contribution in [1.82, 2.24) is 10.2 Å². The highest BCUT2D eigenvalue weighted by Gasteiger charge is 2.36. The van der Waals surface area contributed by atoms with Crippen molar-refractivity contribution < 1.29 is 29.0 Å². The minimum atomic E-state index is -1.09. The number of methoxy groups -OCH3 is 1. The third-order valence-electron chi connectivity index (χ3n) is 6.28. The molecule has 3 aromatic rings. The van der Waals surface area contributed by atoms with Crippen LogP contribution in [0.5, 0.6) is 11.5 Å². The van der Waals surface area contributed by atoms with Gasteiger partial charge in [0.15, 0.2) is 0 Å². The van der Waals surface area contributed by atoms with Crippen LogP contribution in [0, 0.1) is 6.92 Å². The van der Waals surface area contributed by atoms with Gasteiger partial charge in [-0.1, -0.05) is 48.0 Å². The van der Waals surface area contributed by atoms with Gasteiger partial charge in [0.25, 0.3) is 5.91 Å². The summed E-state index contributed by atoms with van der Waals surface area (Å²) >= 11 is 0. The SMILES string of the molecule is C=CCN(C(=O)C(Cc1ccc(O)cc1)NC(=O)OC(C)(C)C)C(C(=O)Nc1ccc(OC)cc1)c1ccc(C)cc1. The number of amides is 3. The Labute approximate surface area is 247 Å². The van der Waals surface area contributed by atoms with E-state index in [0.717, 1.165) is 5.56 Å². The zero-order valence-corrected chi connectivity index (χ0v) is 24.7. The highest BCUT2D eigenvalue weighted by atomic mass is 16.6. The Morgan fingerprint density at radius 1 is 0.976 bits per heavy atom. The number of hydrogen-bond donors (Lipinski definition) is 3. The maximum absolute atomic E-state index is 14.3. The van der Waals surface area contributed by atoms with Crippen LogP contribution >= 0.6 is 0 Å². The monoisotopic (exact) mass is 573 g/mol. The van der Waals surface area contributed by atoms with E-state index in [9.17, 15) is 19.5 Å². The summed E-state index contributed by atoms with van der Waals surface area (Å²) < 4.78 is 10.7. The molecular formula is C33H39N3O6. The highest BCUT2D eigenvalue weighted by Crippen LogP contribution is 2.26. The van der Waals surface area contributed by atoms with Gasteiger partial charge in [-0.2, -0.15) is 0 Å². The molecule has 3 N–H and O–H groups in total. The number of phenols is 1. The van der Waals surface area contributed by atoms with Gasteiger partial charge >= 0.3 is 6.09 Å². The number of nitrogens with zero attached hydrogens (tertiary/aromatic N) is 1. The lowest BCUT2D eigenvalue weighted by Crippen LogP contribution is -2.53. The Morgan fingerprint density at radius 2 is 1.60 bits per heavy atom. The van der Waals surface area contributed by atoms with Gasteiger partial charge < -0.3 is 30.1 Å². The number of hydrogen-bond acceptors (Lipinski definition) is 6. The molecule has 9 nitrogen and oxygen atoms in total. The molecule has 0 heterocycles. The number of nitrogens with one attached hydrogen (secondary N) is 2. The van der Waals surface area contributed by atoms with Crippen molar-refractivity contribution in [2.45, 2.75) is 51.8 Å². The van der Waals surface area contributed by atoms with Crippen molar-refractivity contribution in [3.63, 3.8) is 0 Å². The van der Waals surface area contributed by atoms with Crippen molar-refractivity contribution in [2.24, 2.45) is 0 Å². The molecule has 3 aromatic carbocycles. The van der Waals surface area contributed by atoms with Crippen LogP contribution in [0.3, 0.4) is 0 Å². The Morgan fingerprint density at radius 3 is 2.14 bits per heavy atom. The van der Waals surface area contributed by atoms with Crippen molar-refractivity contribution in [1.29, 1.82) is 0 Å². The van der Waals surface area contributed by atoms with E-state index in [1.165, 1.54) is 23.1 Å². The summed E-state index contributed by atoms with van der Waals surface area (Å²) in [7, 11) is 1.56. The number of aromatic hydroxyl groups is 1. The van der Waals surface area contributed by atoms with E-state index in [2.05, 4.69) is 17.2 Å². The first-order chi connectivity index (χ1) is 19.9. The molecule has 0 spiro atoms. The molecule has 9 heteroatoms. The van der Waals surface area contributed by atoms with Crippen LogP contribution in [0.4, 0.5) is 10.5 Å². The molecule has 222 valence electrons. The summed E-state index contributed by atoms with van der Waals surface area (Å²) in [6.07, 6.45) is 0.852. The fourth-order valence-corrected chi connectivity index (χ4v) is 4.29. The molecule has 0 saturated carbocycles. The lowest BCUT2D eigenvalue weighted by Gasteiger charge is -2.34. The Hall–Kier alpha value is -4.79. The first-order valence-corrected chi connectivity index (χ1v) is 13.6. The molecule has 3 rings (SSSR count). The van der Waals surface area contributed by atoms with Crippen molar-refractivity contribution in [3.05, 3.63) is 102 Å². The predicted molar refractivity (Wildman–Crippen MR) is 162 cm³/mol. The van der Waals surface area contributed by atoms with E-state index in [1.807, 2.05) is 19.1 Å². The minimum absolute atomic E-state index is 0.0233. The smallest absolute Gasteiger partial charge is 0.408 e. The normalized spacial score (nSPS) is 12.4. The molecule has 0 aliphatic carbocycles. The van der Waals surface area contributed by atoms with Crippen LogP contribution < -0.4 is 15.4 Å². The van der Waals surface area contributed by atoms with E-state index in [-0.39, 0.29) is 18.7 Å². The lowest BCUT2D eigenvalue weighted by molar-refractivity contribution is -0.140. The van der Waals surface area contributed by atoms with Crippen molar-refractivity contribution in [2.75, 3.05) is 19.0 Å². The summed E-state index contributed by atoms with van der Waals surface area (Å²) in [6.45, 7) is 11.0. The number of alkyl carbamates (subject to hydrolysis) is 1. The molecule has 0 aliphatic heterocycles. The number of ether oxygens (including phenoxy) is 2. The maximum Gasteiger partial charge on any atom is 0.408 e. The second kappa shape index (κ2) is 14.2. The van der Waals surface area contributed by atoms with Gasteiger partial charge in [0.2, 0.25) is 5.91 Å². The lowest BCUT2D eigenvalue weighted by atomic mass is 9.99. The van der Waals surface area contributed by atoms with Gasteiger partial charge in [-0.15, -0.1) is 6.58 Å². The van der Waals surface area contributed by atoms with Crippen LogP contribution in [0.2, 0.25) is 0 Å². The van der Waals surface area contributed by atoms with Crippen LogP contribution in [0.1, 0.15) is 43.5 Å². The van der Waals surface area contributed by atoms with E-state index in [4.69, 9.17) is 9.47 Å². The molecule has 0 aliphatic rings. The number of benzene rings is 3. The summed E-state index contributed by atoms with van der Waals surface area (Å²) in [6, 6.07) is 18.4. The first-order valence-electron chi connectivity index (χ1n) is 13.6. The summed E-state index contributed by atoms with van der Waals surface area (Å²) in [4.78, 5) is 42.4. The van der Waals surface area contributed by atoms with Crippen LogP contribution in [-0.4, -0.2) is 53.2 Å². The Balaban J connectivity index is 2.02. The number of aryl methyl sites for hydroxylation is 1. The molecule has 3 amide bonds. The average molecular weight is 574 g/mol. The van der Waals surface area contributed by atoms with E-state index < -0.39 is 35.6 Å². The van der Waals surface area contributed by atoms with Crippen molar-refractivity contribution >= 4 is 23.6 Å². The number of carbonyl (C=O) groups is 3. The third kappa shape index (κ3) is 9.12. The molecule has 0 bridgehead atoms. The predicted octanol–water partition coefficient (Wildman–Crippen LogP) is 5.54.